The molecule has 2 N–H and O–H groups in total. The van der Waals surface area contributed by atoms with Crippen LogP contribution in [0.5, 0.6) is 0 Å². The summed E-state index contributed by atoms with van der Waals surface area (Å²) in [5.41, 5.74) is 9.28. The van der Waals surface area contributed by atoms with E-state index in [2.05, 4.69) is 42.2 Å². The Labute approximate surface area is 126 Å². The Bertz CT molecular complexity index is 537. The minimum atomic E-state index is 0.689. The van der Waals surface area contributed by atoms with Crippen LogP contribution in [0.1, 0.15) is 17.5 Å². The summed E-state index contributed by atoms with van der Waals surface area (Å²) >= 11 is 6.32. The third-order valence-electron chi connectivity index (χ3n) is 3.32. The molecule has 0 heterocycles. The first-order valence-electron chi connectivity index (χ1n) is 6.96. The second-order valence-corrected chi connectivity index (χ2v) is 5.41. The van der Waals surface area contributed by atoms with E-state index in [0.717, 1.165) is 30.2 Å². The lowest BCUT2D eigenvalue weighted by molar-refractivity contribution is 0.736. The fourth-order valence-corrected chi connectivity index (χ4v) is 2.44. The highest BCUT2D eigenvalue weighted by Gasteiger charge is 2.10. The quantitative estimate of drug-likeness (QED) is 0.870. The fourth-order valence-electron chi connectivity index (χ4n) is 2.19. The van der Waals surface area contributed by atoms with Gasteiger partial charge in [0.05, 0.1) is 10.7 Å². The molecule has 0 aromatic heterocycles. The van der Waals surface area contributed by atoms with E-state index in [1.54, 1.807) is 0 Å². The van der Waals surface area contributed by atoms with Gasteiger partial charge in [-0.15, -0.1) is 0 Å². The molecule has 2 aromatic carbocycles. The predicted molar refractivity (Wildman–Crippen MR) is 87.4 cm³/mol. The molecular weight excluding hydrogens is 268 g/mol. The predicted octanol–water partition coefficient (Wildman–Crippen LogP) is 4.00. The van der Waals surface area contributed by atoms with Crippen LogP contribution in [0.25, 0.3) is 0 Å². The largest absolute Gasteiger partial charge is 0.366 e. The average molecular weight is 289 g/mol. The summed E-state index contributed by atoms with van der Waals surface area (Å²) in [6, 6.07) is 16.6. The van der Waals surface area contributed by atoms with E-state index < -0.39 is 0 Å². The standard InChI is InChI=1S/C17H21ClN2/c1-14-7-9-15(10-8-14)13-20(12-4-11-19)17-6-3-2-5-16(17)18/h2-3,5-10H,4,11-13,19H2,1H3. The lowest BCUT2D eigenvalue weighted by atomic mass is 10.1. The maximum absolute atomic E-state index is 6.32. The van der Waals surface area contributed by atoms with Crippen LogP contribution in [0, 0.1) is 6.92 Å². The Kier molecular flexibility index (Phi) is 5.45. The van der Waals surface area contributed by atoms with E-state index in [9.17, 15) is 0 Å². The molecule has 0 fully saturated rings. The first-order valence-corrected chi connectivity index (χ1v) is 7.33. The zero-order valence-electron chi connectivity index (χ0n) is 11.8. The summed E-state index contributed by atoms with van der Waals surface area (Å²) in [5, 5.41) is 0.789. The van der Waals surface area contributed by atoms with Crippen molar-refractivity contribution >= 4 is 17.3 Å². The van der Waals surface area contributed by atoms with Gasteiger partial charge >= 0.3 is 0 Å². The summed E-state index contributed by atoms with van der Waals surface area (Å²) in [6.07, 6.45) is 0.955. The molecule has 0 atom stereocenters. The van der Waals surface area contributed by atoms with Gasteiger partial charge in [0.2, 0.25) is 0 Å². The van der Waals surface area contributed by atoms with Crippen LogP contribution >= 0.6 is 11.6 Å². The van der Waals surface area contributed by atoms with E-state index in [1.165, 1.54) is 11.1 Å². The lowest BCUT2D eigenvalue weighted by Crippen LogP contribution is -2.25. The molecule has 0 unspecified atom stereocenters. The fraction of sp³-hybridized carbons (Fsp3) is 0.294. The van der Waals surface area contributed by atoms with Gasteiger partial charge in [-0.3, -0.25) is 0 Å². The van der Waals surface area contributed by atoms with Gasteiger partial charge in [-0.2, -0.15) is 0 Å². The summed E-state index contributed by atoms with van der Waals surface area (Å²) in [7, 11) is 0. The van der Waals surface area contributed by atoms with Gasteiger partial charge < -0.3 is 10.6 Å². The van der Waals surface area contributed by atoms with E-state index >= 15 is 0 Å². The van der Waals surface area contributed by atoms with Crippen LogP contribution in [0.3, 0.4) is 0 Å². The monoisotopic (exact) mass is 288 g/mol. The van der Waals surface area contributed by atoms with E-state index in [1.807, 2.05) is 18.2 Å². The van der Waals surface area contributed by atoms with Crippen molar-refractivity contribution in [1.82, 2.24) is 0 Å². The van der Waals surface area contributed by atoms with Crippen molar-refractivity contribution in [2.24, 2.45) is 5.73 Å². The number of rotatable bonds is 6. The normalized spacial score (nSPS) is 10.6. The Hall–Kier alpha value is -1.51. The molecule has 106 valence electrons. The molecule has 0 aliphatic heterocycles. The molecule has 0 radical (unpaired) electrons. The molecule has 0 saturated carbocycles. The van der Waals surface area contributed by atoms with Crippen molar-refractivity contribution in [3.63, 3.8) is 0 Å². The van der Waals surface area contributed by atoms with Crippen LogP contribution in [-0.2, 0) is 6.54 Å². The molecule has 0 amide bonds. The van der Waals surface area contributed by atoms with Crippen LogP contribution in [0.15, 0.2) is 48.5 Å². The third-order valence-corrected chi connectivity index (χ3v) is 3.64. The second-order valence-electron chi connectivity index (χ2n) is 5.00. The van der Waals surface area contributed by atoms with Gasteiger partial charge in [0, 0.05) is 13.1 Å². The summed E-state index contributed by atoms with van der Waals surface area (Å²) < 4.78 is 0. The van der Waals surface area contributed by atoms with E-state index in [-0.39, 0.29) is 0 Å². The zero-order chi connectivity index (χ0) is 14.4. The number of para-hydroxylation sites is 1. The van der Waals surface area contributed by atoms with Gasteiger partial charge in [0.15, 0.2) is 0 Å². The summed E-state index contributed by atoms with van der Waals surface area (Å²) in [6.45, 7) is 4.55. The molecule has 0 spiro atoms. The minimum Gasteiger partial charge on any atom is -0.366 e. The Morgan fingerprint density at radius 2 is 1.75 bits per heavy atom. The molecule has 2 rings (SSSR count). The van der Waals surface area contributed by atoms with Gasteiger partial charge in [0.1, 0.15) is 0 Å². The SMILES string of the molecule is Cc1ccc(CN(CCCN)c2ccccc2Cl)cc1. The van der Waals surface area contributed by atoms with E-state index in [0.29, 0.717) is 6.54 Å². The highest BCUT2D eigenvalue weighted by atomic mass is 35.5. The number of nitrogens with two attached hydrogens (primary N) is 1. The maximum Gasteiger partial charge on any atom is 0.0639 e. The Morgan fingerprint density at radius 3 is 2.40 bits per heavy atom. The average Bonchev–Trinajstić information content (AvgIpc) is 2.46. The topological polar surface area (TPSA) is 29.3 Å². The molecule has 0 saturated heterocycles. The van der Waals surface area contributed by atoms with Crippen LogP contribution in [0.4, 0.5) is 5.69 Å². The highest BCUT2D eigenvalue weighted by molar-refractivity contribution is 6.33. The number of anilines is 1. The third kappa shape index (κ3) is 3.99. The van der Waals surface area contributed by atoms with Gasteiger partial charge in [-0.25, -0.2) is 0 Å². The molecule has 0 aliphatic rings. The van der Waals surface area contributed by atoms with Crippen molar-refractivity contribution in [1.29, 1.82) is 0 Å². The first-order chi connectivity index (χ1) is 9.70. The second kappa shape index (κ2) is 7.32. The van der Waals surface area contributed by atoms with Crippen molar-refractivity contribution in [3.8, 4) is 0 Å². The van der Waals surface area contributed by atoms with Gasteiger partial charge in [0.25, 0.3) is 0 Å². The Morgan fingerprint density at radius 1 is 1.05 bits per heavy atom. The molecule has 2 nitrogen and oxygen atoms in total. The van der Waals surface area contributed by atoms with Crippen molar-refractivity contribution < 1.29 is 0 Å². The first kappa shape index (κ1) is 14.9. The summed E-state index contributed by atoms with van der Waals surface area (Å²) in [4.78, 5) is 2.29. The Balaban J connectivity index is 2.19. The van der Waals surface area contributed by atoms with Crippen molar-refractivity contribution in [2.45, 2.75) is 19.9 Å². The lowest BCUT2D eigenvalue weighted by Gasteiger charge is -2.26. The number of halogens is 1. The maximum atomic E-state index is 6.32. The molecule has 20 heavy (non-hydrogen) atoms. The number of hydrogen-bond donors (Lipinski definition) is 1. The smallest absolute Gasteiger partial charge is 0.0639 e. The number of hydrogen-bond acceptors (Lipinski definition) is 2. The zero-order valence-corrected chi connectivity index (χ0v) is 12.6. The van der Waals surface area contributed by atoms with E-state index in [4.69, 9.17) is 17.3 Å². The van der Waals surface area contributed by atoms with Crippen molar-refractivity contribution in [2.75, 3.05) is 18.0 Å². The van der Waals surface area contributed by atoms with Gasteiger partial charge in [-0.1, -0.05) is 53.6 Å². The minimum absolute atomic E-state index is 0.689. The number of nitrogens with zero attached hydrogens (tertiary/aromatic N) is 1. The van der Waals surface area contributed by atoms with Crippen LogP contribution in [0.2, 0.25) is 5.02 Å². The van der Waals surface area contributed by atoms with Crippen LogP contribution < -0.4 is 10.6 Å². The molecule has 3 heteroatoms. The molecular formula is C17H21ClN2. The van der Waals surface area contributed by atoms with Gasteiger partial charge in [-0.05, 0) is 37.6 Å². The molecule has 0 aliphatic carbocycles. The molecule has 2 aromatic rings. The number of aryl methyl sites for hydroxylation is 1. The number of benzene rings is 2. The molecule has 0 bridgehead atoms. The van der Waals surface area contributed by atoms with Crippen molar-refractivity contribution in [3.05, 3.63) is 64.7 Å². The summed E-state index contributed by atoms with van der Waals surface area (Å²) in [5.74, 6) is 0. The highest BCUT2D eigenvalue weighted by Crippen LogP contribution is 2.26. The van der Waals surface area contributed by atoms with Crippen LogP contribution in [-0.4, -0.2) is 13.1 Å².